The van der Waals surface area contributed by atoms with E-state index >= 15 is 0 Å². The van der Waals surface area contributed by atoms with Crippen LogP contribution >= 0.6 is 0 Å². The number of nitrogens with one attached hydrogen (secondary N) is 1. The molecular weight excluding hydrogens is 354 g/mol. The highest BCUT2D eigenvalue weighted by atomic mass is 19.3. The smallest absolute Gasteiger partial charge is 0.318 e. The Morgan fingerprint density at radius 3 is 2.44 bits per heavy atom. The van der Waals surface area contributed by atoms with E-state index in [1.165, 1.54) is 0 Å². The van der Waals surface area contributed by atoms with Crippen LogP contribution in [-0.2, 0) is 11.2 Å². The van der Waals surface area contributed by atoms with Crippen LogP contribution in [0.4, 0.5) is 13.6 Å². The van der Waals surface area contributed by atoms with E-state index in [-0.39, 0.29) is 25.2 Å². The highest BCUT2D eigenvalue weighted by Crippen LogP contribution is 2.39. The predicted molar refractivity (Wildman–Crippen MR) is 98.1 cm³/mol. The van der Waals surface area contributed by atoms with Crippen molar-refractivity contribution in [3.8, 4) is 0 Å². The number of amides is 3. The number of carbonyl (C=O) groups excluding carboxylic acids is 2. The zero-order valence-corrected chi connectivity index (χ0v) is 15.4. The lowest BCUT2D eigenvalue weighted by Gasteiger charge is -2.30. The van der Waals surface area contributed by atoms with Gasteiger partial charge in [0, 0.05) is 18.8 Å². The number of carbonyl (C=O) groups is 2. The molecule has 0 aliphatic heterocycles. The summed E-state index contributed by atoms with van der Waals surface area (Å²) in [7, 11) is 0. The van der Waals surface area contributed by atoms with Crippen LogP contribution in [0.5, 0.6) is 0 Å². The number of imide groups is 1. The number of urea groups is 1. The molecule has 0 spiro atoms. The summed E-state index contributed by atoms with van der Waals surface area (Å²) in [6.07, 6.45) is 1.29. The van der Waals surface area contributed by atoms with Gasteiger partial charge >= 0.3 is 6.03 Å². The van der Waals surface area contributed by atoms with Gasteiger partial charge in [-0.1, -0.05) is 30.3 Å². The maximum atomic E-state index is 13.3. The number of hydrogen-bond donors (Lipinski definition) is 3. The molecule has 2 atom stereocenters. The lowest BCUT2D eigenvalue weighted by Crippen LogP contribution is -2.41. The molecule has 150 valence electrons. The summed E-state index contributed by atoms with van der Waals surface area (Å²) in [5, 5.41) is 12.4. The Morgan fingerprint density at radius 2 is 1.85 bits per heavy atom. The largest absolute Gasteiger partial charge is 0.393 e. The fourth-order valence-corrected chi connectivity index (χ4v) is 3.70. The van der Waals surface area contributed by atoms with Crippen LogP contribution in [0.15, 0.2) is 30.3 Å². The molecule has 1 fully saturated rings. The van der Waals surface area contributed by atoms with Gasteiger partial charge in [-0.3, -0.25) is 10.1 Å². The highest BCUT2D eigenvalue weighted by molar-refractivity contribution is 5.94. The minimum absolute atomic E-state index is 0.0189. The van der Waals surface area contributed by atoms with Gasteiger partial charge in [0.1, 0.15) is 0 Å². The van der Waals surface area contributed by atoms with Crippen molar-refractivity contribution in [1.82, 2.24) is 5.32 Å². The molecular formula is C20H28F2N2O3. The predicted octanol–water partition coefficient (Wildman–Crippen LogP) is 3.40. The van der Waals surface area contributed by atoms with Crippen molar-refractivity contribution < 1.29 is 23.5 Å². The first kappa shape index (κ1) is 21.3. The number of aliphatic hydroxyl groups is 1. The van der Waals surface area contributed by atoms with Gasteiger partial charge in [-0.05, 0) is 50.0 Å². The molecule has 0 heterocycles. The third kappa shape index (κ3) is 7.62. The van der Waals surface area contributed by atoms with Gasteiger partial charge in [-0.25, -0.2) is 13.6 Å². The summed E-state index contributed by atoms with van der Waals surface area (Å²) < 4.78 is 26.7. The first-order valence-electron chi connectivity index (χ1n) is 9.45. The number of rotatable bonds is 8. The Morgan fingerprint density at radius 1 is 1.22 bits per heavy atom. The second kappa shape index (κ2) is 9.78. The molecule has 0 radical (unpaired) electrons. The van der Waals surface area contributed by atoms with Crippen molar-refractivity contribution in [3.05, 3.63) is 35.9 Å². The SMILES string of the molecule is NC(=O)NC(=O)[C@H](CC1CCC(F)(F)CC1)C[C@@H](O)CCc1ccccc1. The van der Waals surface area contributed by atoms with Crippen LogP contribution in [0.2, 0.25) is 0 Å². The number of halogens is 2. The van der Waals surface area contributed by atoms with E-state index in [0.717, 1.165) is 5.56 Å². The quantitative estimate of drug-likeness (QED) is 0.643. The fourth-order valence-electron chi connectivity index (χ4n) is 3.70. The Bertz CT molecular complexity index is 615. The molecule has 1 aliphatic rings. The van der Waals surface area contributed by atoms with Crippen molar-refractivity contribution >= 4 is 11.9 Å². The number of benzene rings is 1. The number of nitrogens with two attached hydrogens (primary N) is 1. The zero-order valence-electron chi connectivity index (χ0n) is 15.4. The number of alkyl halides is 2. The van der Waals surface area contributed by atoms with Gasteiger partial charge < -0.3 is 10.8 Å². The molecule has 2 rings (SSSR count). The molecule has 1 aromatic carbocycles. The Labute approximate surface area is 158 Å². The Balaban J connectivity index is 1.90. The fraction of sp³-hybridized carbons (Fsp3) is 0.600. The van der Waals surface area contributed by atoms with Gasteiger partial charge in [0.05, 0.1) is 6.10 Å². The molecule has 1 aromatic rings. The topological polar surface area (TPSA) is 92.4 Å². The summed E-state index contributed by atoms with van der Waals surface area (Å²) in [6, 6.07) is 8.74. The average molecular weight is 382 g/mol. The van der Waals surface area contributed by atoms with E-state index < -0.39 is 29.9 Å². The monoisotopic (exact) mass is 382 g/mol. The van der Waals surface area contributed by atoms with E-state index in [4.69, 9.17) is 5.73 Å². The molecule has 1 saturated carbocycles. The first-order valence-corrected chi connectivity index (χ1v) is 9.45. The molecule has 27 heavy (non-hydrogen) atoms. The molecule has 0 bridgehead atoms. The highest BCUT2D eigenvalue weighted by Gasteiger charge is 2.36. The molecule has 1 aliphatic carbocycles. The molecule has 3 amide bonds. The maximum Gasteiger partial charge on any atom is 0.318 e. The summed E-state index contributed by atoms with van der Waals surface area (Å²) in [5.74, 6) is -3.82. The van der Waals surface area contributed by atoms with Crippen molar-refractivity contribution in [2.24, 2.45) is 17.6 Å². The van der Waals surface area contributed by atoms with Crippen LogP contribution < -0.4 is 11.1 Å². The van der Waals surface area contributed by atoms with Gasteiger partial charge in [0.15, 0.2) is 0 Å². The lowest BCUT2D eigenvalue weighted by molar-refractivity contribution is -0.126. The second-order valence-corrected chi connectivity index (χ2v) is 7.50. The van der Waals surface area contributed by atoms with Gasteiger partial charge in [-0.2, -0.15) is 0 Å². The van der Waals surface area contributed by atoms with Crippen LogP contribution in [-0.4, -0.2) is 29.1 Å². The van der Waals surface area contributed by atoms with Crippen LogP contribution in [0.1, 0.15) is 50.5 Å². The third-order valence-electron chi connectivity index (χ3n) is 5.24. The molecule has 0 aromatic heterocycles. The van der Waals surface area contributed by atoms with Crippen LogP contribution in [0.3, 0.4) is 0 Å². The molecule has 0 saturated heterocycles. The number of aliphatic hydroxyl groups excluding tert-OH is 1. The lowest BCUT2D eigenvalue weighted by atomic mass is 9.79. The molecule has 5 nitrogen and oxygen atoms in total. The maximum absolute atomic E-state index is 13.3. The minimum atomic E-state index is -2.63. The molecule has 7 heteroatoms. The number of primary amides is 1. The average Bonchev–Trinajstić information content (AvgIpc) is 2.61. The summed E-state index contributed by atoms with van der Waals surface area (Å²) in [6.45, 7) is 0. The van der Waals surface area contributed by atoms with Gasteiger partial charge in [-0.15, -0.1) is 0 Å². The van der Waals surface area contributed by atoms with Crippen LogP contribution in [0.25, 0.3) is 0 Å². The van der Waals surface area contributed by atoms with E-state index in [1.807, 2.05) is 30.3 Å². The standard InChI is InChI=1S/C20H28F2N2O3/c21-20(22)10-8-15(9-11-20)12-16(18(26)24-19(23)27)13-17(25)7-6-14-4-2-1-3-5-14/h1-5,15-17,25H,6-13H2,(H3,23,24,26,27)/t16-,17+/m1/s1. The van der Waals surface area contributed by atoms with Crippen molar-refractivity contribution in [1.29, 1.82) is 0 Å². The first-order chi connectivity index (χ1) is 12.7. The van der Waals surface area contributed by atoms with E-state index in [0.29, 0.717) is 32.1 Å². The molecule has 4 N–H and O–H groups in total. The summed E-state index contributed by atoms with van der Waals surface area (Å²) in [4.78, 5) is 23.3. The van der Waals surface area contributed by atoms with Crippen LogP contribution in [0, 0.1) is 11.8 Å². The summed E-state index contributed by atoms with van der Waals surface area (Å²) in [5.41, 5.74) is 6.12. The Kier molecular flexibility index (Phi) is 7.71. The zero-order chi connectivity index (χ0) is 19.9. The Hall–Kier alpha value is -2.02. The minimum Gasteiger partial charge on any atom is -0.393 e. The number of hydrogen-bond acceptors (Lipinski definition) is 3. The van der Waals surface area contributed by atoms with Crippen molar-refractivity contribution in [3.63, 3.8) is 0 Å². The summed E-state index contributed by atoms with van der Waals surface area (Å²) >= 11 is 0. The molecule has 0 unspecified atom stereocenters. The van der Waals surface area contributed by atoms with Gasteiger partial charge in [0.25, 0.3) is 0 Å². The van der Waals surface area contributed by atoms with Crippen molar-refractivity contribution in [2.75, 3.05) is 0 Å². The van der Waals surface area contributed by atoms with E-state index in [9.17, 15) is 23.5 Å². The van der Waals surface area contributed by atoms with E-state index in [2.05, 4.69) is 5.32 Å². The number of aryl methyl sites for hydroxylation is 1. The normalized spacial score (nSPS) is 19.2. The van der Waals surface area contributed by atoms with E-state index in [1.54, 1.807) is 0 Å². The second-order valence-electron chi connectivity index (χ2n) is 7.50. The van der Waals surface area contributed by atoms with Crippen molar-refractivity contribution in [2.45, 2.75) is 63.4 Å². The van der Waals surface area contributed by atoms with Gasteiger partial charge in [0.2, 0.25) is 11.8 Å². The third-order valence-corrected chi connectivity index (χ3v) is 5.24.